The Balaban J connectivity index is 1.92. The molecule has 7 heteroatoms. The summed E-state index contributed by atoms with van der Waals surface area (Å²) in [6, 6.07) is 12.7. The van der Waals surface area contributed by atoms with E-state index in [1.807, 2.05) is 30.3 Å². The highest BCUT2D eigenvalue weighted by atomic mass is 35.5. The fraction of sp³-hybridized carbons (Fsp3) is 0.176. The number of carbonyl (C=O) groups is 1. The van der Waals surface area contributed by atoms with Crippen molar-refractivity contribution in [2.24, 2.45) is 5.10 Å². The molecule has 0 unspecified atom stereocenters. The second-order valence-electron chi connectivity index (χ2n) is 4.74. The normalized spacial score (nSPS) is 10.5. The third-order valence-corrected chi connectivity index (χ3v) is 3.45. The maximum Gasteiger partial charge on any atom is 0.259 e. The van der Waals surface area contributed by atoms with Crippen LogP contribution >= 0.6 is 11.6 Å². The summed E-state index contributed by atoms with van der Waals surface area (Å²) in [5.41, 5.74) is 3.90. The summed E-state index contributed by atoms with van der Waals surface area (Å²) in [4.78, 5) is 11.8. The van der Waals surface area contributed by atoms with Crippen LogP contribution in [0.2, 0.25) is 5.02 Å². The van der Waals surface area contributed by atoms with E-state index < -0.39 is 0 Å². The van der Waals surface area contributed by atoms with Gasteiger partial charge < -0.3 is 14.8 Å². The van der Waals surface area contributed by atoms with Crippen molar-refractivity contribution in [2.45, 2.75) is 0 Å². The number of methoxy groups -OCH3 is 2. The fourth-order valence-electron chi connectivity index (χ4n) is 1.92. The van der Waals surface area contributed by atoms with Crippen LogP contribution in [0.25, 0.3) is 0 Å². The second kappa shape index (κ2) is 8.79. The lowest BCUT2D eigenvalue weighted by atomic mass is 10.2. The molecule has 0 saturated heterocycles. The van der Waals surface area contributed by atoms with Crippen LogP contribution in [0.4, 0.5) is 5.69 Å². The number of benzene rings is 2. The molecule has 0 aromatic heterocycles. The first kappa shape index (κ1) is 17.6. The van der Waals surface area contributed by atoms with Crippen molar-refractivity contribution in [3.8, 4) is 11.5 Å². The molecule has 0 heterocycles. The standard InChI is InChI=1S/C17H18ClN3O3/c1-23-15-8-12(14(18)9-16(15)24-2)10-20-21-17(22)11-19-13-6-4-3-5-7-13/h3-10,19H,11H2,1-2H3,(H,21,22)/b20-10-. The van der Waals surface area contributed by atoms with E-state index in [1.165, 1.54) is 20.4 Å². The molecule has 2 rings (SSSR count). The van der Waals surface area contributed by atoms with Gasteiger partial charge >= 0.3 is 0 Å². The fourth-order valence-corrected chi connectivity index (χ4v) is 2.12. The quantitative estimate of drug-likeness (QED) is 0.596. The van der Waals surface area contributed by atoms with Crippen molar-refractivity contribution in [3.05, 3.63) is 53.1 Å². The highest BCUT2D eigenvalue weighted by molar-refractivity contribution is 6.33. The van der Waals surface area contributed by atoms with E-state index in [1.54, 1.807) is 12.1 Å². The van der Waals surface area contributed by atoms with Gasteiger partial charge in [0.05, 0.1) is 32.0 Å². The van der Waals surface area contributed by atoms with Crippen molar-refractivity contribution < 1.29 is 14.3 Å². The molecular formula is C17H18ClN3O3. The van der Waals surface area contributed by atoms with Gasteiger partial charge in [-0.05, 0) is 18.2 Å². The molecule has 0 atom stereocenters. The molecule has 2 N–H and O–H groups in total. The van der Waals surface area contributed by atoms with Crippen LogP contribution in [0.3, 0.4) is 0 Å². The van der Waals surface area contributed by atoms with Gasteiger partial charge in [-0.15, -0.1) is 0 Å². The molecule has 0 radical (unpaired) electrons. The van der Waals surface area contributed by atoms with E-state index in [4.69, 9.17) is 21.1 Å². The largest absolute Gasteiger partial charge is 0.493 e. The lowest BCUT2D eigenvalue weighted by Crippen LogP contribution is -2.25. The Bertz CT molecular complexity index is 721. The van der Waals surface area contributed by atoms with Crippen LogP contribution in [-0.2, 0) is 4.79 Å². The molecule has 0 aliphatic rings. The summed E-state index contributed by atoms with van der Waals surface area (Å²) in [5, 5.41) is 7.33. The monoisotopic (exact) mass is 347 g/mol. The van der Waals surface area contributed by atoms with Gasteiger partial charge in [-0.2, -0.15) is 5.10 Å². The van der Waals surface area contributed by atoms with E-state index in [2.05, 4.69) is 15.8 Å². The second-order valence-corrected chi connectivity index (χ2v) is 5.15. The number of anilines is 1. The van der Waals surface area contributed by atoms with Gasteiger partial charge in [0.25, 0.3) is 5.91 Å². The summed E-state index contributed by atoms with van der Waals surface area (Å²) in [6.45, 7) is 0.112. The third-order valence-electron chi connectivity index (χ3n) is 3.12. The highest BCUT2D eigenvalue weighted by Crippen LogP contribution is 2.32. The first-order chi connectivity index (χ1) is 11.6. The Kier molecular flexibility index (Phi) is 6.45. The van der Waals surface area contributed by atoms with Crippen LogP contribution in [0.15, 0.2) is 47.6 Å². The zero-order chi connectivity index (χ0) is 17.4. The number of hydrogen-bond acceptors (Lipinski definition) is 5. The molecule has 6 nitrogen and oxygen atoms in total. The third kappa shape index (κ3) is 4.89. The number of ether oxygens (including phenoxy) is 2. The van der Waals surface area contributed by atoms with Gasteiger partial charge in [0.15, 0.2) is 11.5 Å². The molecule has 0 saturated carbocycles. The van der Waals surface area contributed by atoms with Gasteiger partial charge in [-0.3, -0.25) is 4.79 Å². The number of para-hydroxylation sites is 1. The van der Waals surface area contributed by atoms with Crippen LogP contribution in [0, 0.1) is 0 Å². The minimum Gasteiger partial charge on any atom is -0.493 e. The summed E-state index contributed by atoms with van der Waals surface area (Å²) in [6.07, 6.45) is 1.45. The Labute approximate surface area is 145 Å². The first-order valence-electron chi connectivity index (χ1n) is 7.16. The Morgan fingerprint density at radius 1 is 1.17 bits per heavy atom. The van der Waals surface area contributed by atoms with Crippen molar-refractivity contribution in [1.29, 1.82) is 0 Å². The Morgan fingerprint density at radius 2 is 1.83 bits per heavy atom. The van der Waals surface area contributed by atoms with E-state index in [0.717, 1.165) is 5.69 Å². The van der Waals surface area contributed by atoms with Gasteiger partial charge in [0.1, 0.15) is 0 Å². The molecule has 0 fully saturated rings. The summed E-state index contributed by atoms with van der Waals surface area (Å²) < 4.78 is 10.4. The minimum absolute atomic E-state index is 0.112. The molecule has 2 aromatic rings. The molecule has 0 aliphatic carbocycles. The maximum atomic E-state index is 11.8. The van der Waals surface area contributed by atoms with E-state index in [-0.39, 0.29) is 12.5 Å². The first-order valence-corrected chi connectivity index (χ1v) is 7.54. The van der Waals surface area contributed by atoms with Crippen molar-refractivity contribution in [1.82, 2.24) is 5.43 Å². The lowest BCUT2D eigenvalue weighted by Gasteiger charge is -2.09. The zero-order valence-corrected chi connectivity index (χ0v) is 14.1. The van der Waals surface area contributed by atoms with Crippen LogP contribution < -0.4 is 20.2 Å². The number of halogens is 1. The SMILES string of the molecule is COc1cc(Cl)c(/C=N\NC(=O)CNc2ccccc2)cc1OC. The van der Waals surface area contributed by atoms with E-state index >= 15 is 0 Å². The average Bonchev–Trinajstić information content (AvgIpc) is 2.61. The number of nitrogens with zero attached hydrogens (tertiary/aromatic N) is 1. The highest BCUT2D eigenvalue weighted by Gasteiger charge is 2.08. The van der Waals surface area contributed by atoms with Crippen LogP contribution in [0.1, 0.15) is 5.56 Å². The number of carbonyl (C=O) groups excluding carboxylic acids is 1. The van der Waals surface area contributed by atoms with Crippen molar-refractivity contribution in [3.63, 3.8) is 0 Å². The van der Waals surface area contributed by atoms with E-state index in [0.29, 0.717) is 22.1 Å². The molecule has 126 valence electrons. The Morgan fingerprint density at radius 3 is 2.50 bits per heavy atom. The number of hydrogen-bond donors (Lipinski definition) is 2. The van der Waals surface area contributed by atoms with Crippen LogP contribution in [-0.4, -0.2) is 32.9 Å². The van der Waals surface area contributed by atoms with Crippen molar-refractivity contribution in [2.75, 3.05) is 26.1 Å². The number of rotatable bonds is 7. The molecule has 0 spiro atoms. The molecule has 0 aliphatic heterocycles. The maximum absolute atomic E-state index is 11.8. The summed E-state index contributed by atoms with van der Waals surface area (Å²) in [5.74, 6) is 0.780. The Hall–Kier alpha value is -2.73. The molecule has 1 amide bonds. The lowest BCUT2D eigenvalue weighted by molar-refractivity contribution is -0.119. The van der Waals surface area contributed by atoms with E-state index in [9.17, 15) is 4.79 Å². The number of hydrazone groups is 1. The summed E-state index contributed by atoms with van der Waals surface area (Å²) in [7, 11) is 3.06. The van der Waals surface area contributed by atoms with Gasteiger partial charge in [0.2, 0.25) is 0 Å². The number of nitrogens with one attached hydrogen (secondary N) is 2. The number of amides is 1. The predicted molar refractivity (Wildman–Crippen MR) is 95.2 cm³/mol. The molecule has 24 heavy (non-hydrogen) atoms. The van der Waals surface area contributed by atoms with Gasteiger partial charge in [-0.25, -0.2) is 5.43 Å². The van der Waals surface area contributed by atoms with Crippen LogP contribution in [0.5, 0.6) is 11.5 Å². The molecule has 0 bridgehead atoms. The van der Waals surface area contributed by atoms with Gasteiger partial charge in [-0.1, -0.05) is 29.8 Å². The molecular weight excluding hydrogens is 330 g/mol. The summed E-state index contributed by atoms with van der Waals surface area (Å²) >= 11 is 6.14. The average molecular weight is 348 g/mol. The smallest absolute Gasteiger partial charge is 0.259 e. The van der Waals surface area contributed by atoms with Gasteiger partial charge in [0, 0.05) is 17.3 Å². The molecule has 2 aromatic carbocycles. The van der Waals surface area contributed by atoms with Crippen molar-refractivity contribution >= 4 is 29.4 Å². The minimum atomic E-state index is -0.272. The zero-order valence-electron chi connectivity index (χ0n) is 13.4. The topological polar surface area (TPSA) is 72.0 Å². The predicted octanol–water partition coefficient (Wildman–Crippen LogP) is 2.92.